The number of hydrogen-bond acceptors (Lipinski definition) is 1. The van der Waals surface area contributed by atoms with Gasteiger partial charge in [0, 0.05) is 44.5 Å². The van der Waals surface area contributed by atoms with Gasteiger partial charge in [-0.25, -0.2) is 0 Å². The Bertz CT molecular complexity index is 3060. The number of anilines is 3. The number of fused-ring (bicyclic) bond motifs is 8. The Hall–Kier alpha value is -6.90. The number of rotatable bonds is 6. The molecule has 1 heterocycles. The molecule has 2 heteroatoms. The van der Waals surface area contributed by atoms with Gasteiger partial charge in [-0.2, -0.15) is 0 Å². The third-order valence-electron chi connectivity index (χ3n) is 12.8. The zero-order chi connectivity index (χ0) is 39.0. The van der Waals surface area contributed by atoms with Crippen molar-refractivity contribution >= 4 is 44.8 Å². The van der Waals surface area contributed by atoms with Gasteiger partial charge in [-0.3, -0.25) is 0 Å². The average Bonchev–Trinajstić information content (AvgIpc) is 3.71. The summed E-state index contributed by atoms with van der Waals surface area (Å²) >= 11 is 0. The molecule has 11 rings (SSSR count). The Labute approximate surface area is 341 Å². The molecule has 0 unspecified atom stereocenters. The maximum Gasteiger partial charge on any atom is 0.0540 e. The van der Waals surface area contributed by atoms with Crippen LogP contribution in [0.1, 0.15) is 49.6 Å². The van der Waals surface area contributed by atoms with Crippen molar-refractivity contribution in [3.63, 3.8) is 0 Å². The fraction of sp³-hybridized carbons (Fsp3) is 0.107. The molecule has 8 aromatic carbocycles. The molecule has 0 aliphatic heterocycles. The molecule has 0 bridgehead atoms. The minimum atomic E-state index is -0.237. The van der Waals surface area contributed by atoms with Crippen molar-refractivity contribution in [3.8, 4) is 39.1 Å². The second kappa shape index (κ2) is 13.4. The summed E-state index contributed by atoms with van der Waals surface area (Å²) < 4.78 is 2.60. The molecular formula is C56H44N2. The van der Waals surface area contributed by atoms with Gasteiger partial charge in [-0.1, -0.05) is 153 Å². The lowest BCUT2D eigenvalue weighted by molar-refractivity contribution is 0.660. The molecule has 0 atom stereocenters. The second-order valence-electron chi connectivity index (χ2n) is 16.6. The van der Waals surface area contributed by atoms with Gasteiger partial charge in [0.05, 0.1) is 11.2 Å². The van der Waals surface area contributed by atoms with Crippen molar-refractivity contribution in [2.24, 2.45) is 0 Å². The number of benzene rings is 8. The van der Waals surface area contributed by atoms with Crippen LogP contribution in [0.3, 0.4) is 0 Å². The summed E-state index contributed by atoms with van der Waals surface area (Å²) in [6.07, 6.45) is 4.54. The van der Waals surface area contributed by atoms with Crippen molar-refractivity contribution in [1.82, 2.24) is 4.57 Å². The molecule has 58 heavy (non-hydrogen) atoms. The van der Waals surface area contributed by atoms with Gasteiger partial charge in [0.25, 0.3) is 0 Å². The van der Waals surface area contributed by atoms with Gasteiger partial charge in [-0.05, 0) is 124 Å². The van der Waals surface area contributed by atoms with Crippen LogP contribution in [0.5, 0.6) is 0 Å². The minimum absolute atomic E-state index is 0.237. The molecule has 0 spiro atoms. The third-order valence-corrected chi connectivity index (χ3v) is 12.8. The van der Waals surface area contributed by atoms with E-state index < -0.39 is 0 Å². The summed E-state index contributed by atoms with van der Waals surface area (Å²) in [5.74, 6) is 0. The summed E-state index contributed by atoms with van der Waals surface area (Å²) in [4.78, 5) is 2.40. The highest BCUT2D eigenvalue weighted by atomic mass is 15.1. The molecule has 0 N–H and O–H groups in total. The standard InChI is InChI=1S/C56H44N2/c1-37-23-31-52-48(33-37)49-34-41(39-17-9-5-10-18-39)26-32-53(49)58(52)54-36-51-55(46-22-14-13-21-45(46)54)47-30-29-44(35-50(47)56(51,2)3)57(42-19-11-6-12-20-42)43-27-24-40(25-28-43)38-15-7-4-8-16-38/h4-22,24-30,32-36H,23,31H2,1-3H3. The molecule has 2 aliphatic carbocycles. The van der Waals surface area contributed by atoms with Crippen molar-refractivity contribution < 1.29 is 0 Å². The first-order valence-corrected chi connectivity index (χ1v) is 20.6. The lowest BCUT2D eigenvalue weighted by Crippen LogP contribution is -2.17. The largest absolute Gasteiger partial charge is 0.312 e. The molecule has 0 saturated heterocycles. The number of nitrogens with zero attached hydrogens (tertiary/aromatic N) is 2. The van der Waals surface area contributed by atoms with Gasteiger partial charge in [0.1, 0.15) is 0 Å². The summed E-state index contributed by atoms with van der Waals surface area (Å²) in [7, 11) is 0. The quantitative estimate of drug-likeness (QED) is 0.165. The van der Waals surface area contributed by atoms with Crippen molar-refractivity contribution in [3.05, 3.63) is 210 Å². The monoisotopic (exact) mass is 744 g/mol. The fourth-order valence-corrected chi connectivity index (χ4v) is 9.83. The van der Waals surface area contributed by atoms with E-state index in [1.165, 1.54) is 88.7 Å². The van der Waals surface area contributed by atoms with E-state index in [1.54, 1.807) is 0 Å². The minimum Gasteiger partial charge on any atom is -0.312 e. The van der Waals surface area contributed by atoms with E-state index in [0.717, 1.165) is 29.9 Å². The van der Waals surface area contributed by atoms with Gasteiger partial charge >= 0.3 is 0 Å². The first-order valence-electron chi connectivity index (χ1n) is 20.6. The van der Waals surface area contributed by atoms with Crippen molar-refractivity contribution in [2.75, 3.05) is 4.90 Å². The smallest absolute Gasteiger partial charge is 0.0540 e. The van der Waals surface area contributed by atoms with E-state index in [0.29, 0.717) is 0 Å². The average molecular weight is 745 g/mol. The predicted molar refractivity (Wildman–Crippen MR) is 246 cm³/mol. The van der Waals surface area contributed by atoms with E-state index >= 15 is 0 Å². The molecule has 278 valence electrons. The number of aromatic nitrogens is 1. The van der Waals surface area contributed by atoms with Crippen molar-refractivity contribution in [2.45, 2.75) is 39.0 Å². The molecule has 1 aromatic heterocycles. The second-order valence-corrected chi connectivity index (χ2v) is 16.6. The zero-order valence-electron chi connectivity index (χ0n) is 33.2. The molecule has 2 nitrogen and oxygen atoms in total. The number of hydrogen-bond donors (Lipinski definition) is 0. The topological polar surface area (TPSA) is 8.17 Å². The SMILES string of the molecule is CC1=Cc2c(n(-c3cc4c(c5ccccc35)-c3ccc(N(c5ccccc5)c5ccc(-c6ccccc6)cc5)cc3C4(C)C)c3ccc(-c4ccccc4)cc23)CC1. The molecule has 0 radical (unpaired) electrons. The van der Waals surface area contributed by atoms with Gasteiger partial charge < -0.3 is 9.47 Å². The first kappa shape index (κ1) is 34.4. The van der Waals surface area contributed by atoms with Gasteiger partial charge in [0.15, 0.2) is 0 Å². The lowest BCUT2D eigenvalue weighted by Gasteiger charge is -2.28. The number of allylic oxidation sites excluding steroid dienone is 1. The van der Waals surface area contributed by atoms with Crippen LogP contribution in [0.4, 0.5) is 17.1 Å². The Kier molecular flexibility index (Phi) is 7.91. The van der Waals surface area contributed by atoms with E-state index in [9.17, 15) is 0 Å². The van der Waals surface area contributed by atoms with E-state index in [-0.39, 0.29) is 5.41 Å². The number of para-hydroxylation sites is 1. The highest BCUT2D eigenvalue weighted by Crippen LogP contribution is 2.54. The van der Waals surface area contributed by atoms with Crippen LogP contribution < -0.4 is 4.90 Å². The summed E-state index contributed by atoms with van der Waals surface area (Å²) in [6, 6.07) is 67.0. The Morgan fingerprint density at radius 2 is 1.07 bits per heavy atom. The van der Waals surface area contributed by atoms with Crippen molar-refractivity contribution in [1.29, 1.82) is 0 Å². The third kappa shape index (κ3) is 5.40. The van der Waals surface area contributed by atoms with Crippen LogP contribution in [0, 0.1) is 0 Å². The Morgan fingerprint density at radius 1 is 0.483 bits per heavy atom. The van der Waals surface area contributed by atoms with Crippen LogP contribution in [0.15, 0.2) is 188 Å². The van der Waals surface area contributed by atoms with Crippen LogP contribution in [-0.4, -0.2) is 4.57 Å². The highest BCUT2D eigenvalue weighted by molar-refractivity contribution is 6.08. The summed E-state index contributed by atoms with van der Waals surface area (Å²) in [5, 5.41) is 3.92. The van der Waals surface area contributed by atoms with Crippen LogP contribution in [0.2, 0.25) is 0 Å². The predicted octanol–water partition coefficient (Wildman–Crippen LogP) is 15.2. The molecule has 0 fully saturated rings. The molecule has 9 aromatic rings. The fourth-order valence-electron chi connectivity index (χ4n) is 9.83. The van der Waals surface area contributed by atoms with E-state index in [2.05, 4.69) is 218 Å². The van der Waals surface area contributed by atoms with Crippen LogP contribution in [0.25, 0.3) is 66.8 Å². The Balaban J connectivity index is 1.08. The van der Waals surface area contributed by atoms with Gasteiger partial charge in [0.2, 0.25) is 0 Å². The van der Waals surface area contributed by atoms with E-state index in [4.69, 9.17) is 0 Å². The highest BCUT2D eigenvalue weighted by Gasteiger charge is 2.38. The molecule has 2 aliphatic rings. The maximum atomic E-state index is 2.60. The first-order chi connectivity index (χ1) is 28.4. The normalized spacial score (nSPS) is 13.9. The zero-order valence-corrected chi connectivity index (χ0v) is 33.2. The lowest BCUT2D eigenvalue weighted by atomic mass is 9.81. The van der Waals surface area contributed by atoms with E-state index in [1.807, 2.05) is 0 Å². The maximum absolute atomic E-state index is 2.60. The molecule has 0 saturated carbocycles. The van der Waals surface area contributed by atoms with Crippen LogP contribution >= 0.6 is 0 Å². The van der Waals surface area contributed by atoms with Crippen LogP contribution in [-0.2, 0) is 11.8 Å². The molecule has 0 amide bonds. The summed E-state index contributed by atoms with van der Waals surface area (Å²) in [6.45, 7) is 7.12. The summed E-state index contributed by atoms with van der Waals surface area (Å²) in [5.41, 5.74) is 20.3. The Morgan fingerprint density at radius 3 is 1.79 bits per heavy atom. The molecular weight excluding hydrogens is 701 g/mol. The van der Waals surface area contributed by atoms with Gasteiger partial charge in [-0.15, -0.1) is 0 Å².